The van der Waals surface area contributed by atoms with Gasteiger partial charge in [0.15, 0.2) is 0 Å². The summed E-state index contributed by atoms with van der Waals surface area (Å²) in [6.07, 6.45) is -0.200. The SMILES string of the molecule is NC(=O)[C@@H]1CC[C@@H](c2ccccc2OCc2ccccc2)N1C(=O)O. The van der Waals surface area contributed by atoms with Gasteiger partial charge in [-0.15, -0.1) is 0 Å². The minimum absolute atomic E-state index is 0.386. The fourth-order valence-corrected chi connectivity index (χ4v) is 3.29. The van der Waals surface area contributed by atoms with Crippen LogP contribution in [0.5, 0.6) is 5.75 Å². The molecule has 0 unspecified atom stereocenters. The summed E-state index contributed by atoms with van der Waals surface area (Å²) < 4.78 is 5.92. The number of para-hydroxylation sites is 1. The fourth-order valence-electron chi connectivity index (χ4n) is 3.29. The highest BCUT2D eigenvalue weighted by molar-refractivity contribution is 5.84. The minimum Gasteiger partial charge on any atom is -0.489 e. The molecule has 2 aromatic rings. The third-order valence-corrected chi connectivity index (χ3v) is 4.45. The van der Waals surface area contributed by atoms with Crippen molar-refractivity contribution < 1.29 is 19.4 Å². The lowest BCUT2D eigenvalue weighted by Gasteiger charge is -2.27. The van der Waals surface area contributed by atoms with Crippen LogP contribution >= 0.6 is 0 Å². The molecule has 0 aromatic heterocycles. The molecule has 1 heterocycles. The van der Waals surface area contributed by atoms with Gasteiger partial charge in [0, 0.05) is 5.56 Å². The zero-order valence-electron chi connectivity index (χ0n) is 13.7. The van der Waals surface area contributed by atoms with Crippen molar-refractivity contribution in [3.05, 3.63) is 65.7 Å². The number of carbonyl (C=O) groups excluding carboxylic acids is 1. The van der Waals surface area contributed by atoms with Crippen molar-refractivity contribution in [1.82, 2.24) is 4.90 Å². The van der Waals surface area contributed by atoms with Crippen molar-refractivity contribution in [2.45, 2.75) is 31.5 Å². The predicted molar refractivity (Wildman–Crippen MR) is 92.0 cm³/mol. The summed E-state index contributed by atoms with van der Waals surface area (Å²) in [6.45, 7) is 0.386. The van der Waals surface area contributed by atoms with E-state index in [9.17, 15) is 14.7 Å². The van der Waals surface area contributed by atoms with Crippen LogP contribution in [0.15, 0.2) is 54.6 Å². The van der Waals surface area contributed by atoms with Gasteiger partial charge in [0.2, 0.25) is 5.91 Å². The Bertz CT molecular complexity index is 763. The monoisotopic (exact) mass is 340 g/mol. The highest BCUT2D eigenvalue weighted by Gasteiger charge is 2.41. The number of amides is 2. The molecule has 2 aromatic carbocycles. The van der Waals surface area contributed by atoms with Crippen LogP contribution in [0.25, 0.3) is 0 Å². The van der Waals surface area contributed by atoms with E-state index in [4.69, 9.17) is 10.5 Å². The number of hydrogen-bond acceptors (Lipinski definition) is 3. The Labute approximate surface area is 145 Å². The van der Waals surface area contributed by atoms with Gasteiger partial charge in [-0.1, -0.05) is 48.5 Å². The van der Waals surface area contributed by atoms with Gasteiger partial charge in [-0.3, -0.25) is 9.69 Å². The molecule has 0 bridgehead atoms. The zero-order valence-corrected chi connectivity index (χ0v) is 13.7. The van der Waals surface area contributed by atoms with Gasteiger partial charge in [-0.25, -0.2) is 4.79 Å². The maximum Gasteiger partial charge on any atom is 0.408 e. The molecule has 0 saturated carbocycles. The number of nitrogens with zero attached hydrogens (tertiary/aromatic N) is 1. The smallest absolute Gasteiger partial charge is 0.408 e. The predicted octanol–water partition coefficient (Wildman–Crippen LogP) is 2.93. The Kier molecular flexibility index (Phi) is 4.88. The first-order chi connectivity index (χ1) is 12.1. The summed E-state index contributed by atoms with van der Waals surface area (Å²) in [5.41, 5.74) is 7.14. The molecule has 3 rings (SSSR count). The van der Waals surface area contributed by atoms with Crippen LogP contribution in [0, 0.1) is 0 Å². The van der Waals surface area contributed by atoms with E-state index in [2.05, 4.69) is 0 Å². The lowest BCUT2D eigenvalue weighted by Crippen LogP contribution is -2.44. The number of rotatable bonds is 5. The molecular formula is C19H20N2O4. The number of nitrogens with two attached hydrogens (primary N) is 1. The summed E-state index contributed by atoms with van der Waals surface area (Å²) in [7, 11) is 0. The van der Waals surface area contributed by atoms with Gasteiger partial charge < -0.3 is 15.6 Å². The first-order valence-electron chi connectivity index (χ1n) is 8.14. The summed E-state index contributed by atoms with van der Waals surface area (Å²) in [4.78, 5) is 24.4. The Hall–Kier alpha value is -3.02. The molecule has 2 atom stereocenters. The number of likely N-dealkylation sites (tertiary alicyclic amines) is 1. The summed E-state index contributed by atoms with van der Waals surface area (Å²) in [6, 6.07) is 15.8. The number of carbonyl (C=O) groups is 2. The Morgan fingerprint density at radius 1 is 1.08 bits per heavy atom. The molecular weight excluding hydrogens is 320 g/mol. The molecule has 6 heteroatoms. The first kappa shape index (κ1) is 16.8. The van der Waals surface area contributed by atoms with E-state index in [-0.39, 0.29) is 0 Å². The Morgan fingerprint density at radius 3 is 2.44 bits per heavy atom. The molecule has 0 spiro atoms. The van der Waals surface area contributed by atoms with E-state index in [0.717, 1.165) is 16.0 Å². The molecule has 1 fully saturated rings. The van der Waals surface area contributed by atoms with Gasteiger partial charge >= 0.3 is 6.09 Å². The second-order valence-corrected chi connectivity index (χ2v) is 6.01. The van der Waals surface area contributed by atoms with E-state index < -0.39 is 24.1 Å². The number of hydrogen-bond donors (Lipinski definition) is 2. The second kappa shape index (κ2) is 7.25. The zero-order chi connectivity index (χ0) is 17.8. The van der Waals surface area contributed by atoms with Crippen molar-refractivity contribution in [1.29, 1.82) is 0 Å². The van der Waals surface area contributed by atoms with Crippen LogP contribution in [0.1, 0.15) is 30.0 Å². The van der Waals surface area contributed by atoms with Crippen molar-refractivity contribution in [2.75, 3.05) is 0 Å². The van der Waals surface area contributed by atoms with Crippen LogP contribution in [-0.2, 0) is 11.4 Å². The van der Waals surface area contributed by atoms with E-state index in [1.807, 2.05) is 54.6 Å². The van der Waals surface area contributed by atoms with E-state index in [1.54, 1.807) is 0 Å². The van der Waals surface area contributed by atoms with Crippen molar-refractivity contribution >= 4 is 12.0 Å². The molecule has 25 heavy (non-hydrogen) atoms. The standard InChI is InChI=1S/C19H20N2O4/c20-18(22)16-11-10-15(21(16)19(23)24)14-8-4-5-9-17(14)25-12-13-6-2-1-3-7-13/h1-9,15-16H,10-12H2,(H2,20,22)(H,23,24)/t15-,16-/m0/s1. The second-order valence-electron chi connectivity index (χ2n) is 6.01. The maximum absolute atomic E-state index is 11.7. The van der Waals surface area contributed by atoms with Gasteiger partial charge in [-0.2, -0.15) is 0 Å². The summed E-state index contributed by atoms with van der Waals surface area (Å²) >= 11 is 0. The highest BCUT2D eigenvalue weighted by atomic mass is 16.5. The van der Waals surface area contributed by atoms with Crippen LogP contribution in [0.4, 0.5) is 4.79 Å². The molecule has 3 N–H and O–H groups in total. The minimum atomic E-state index is -1.15. The van der Waals surface area contributed by atoms with E-state index in [1.165, 1.54) is 0 Å². The molecule has 1 saturated heterocycles. The third kappa shape index (κ3) is 3.57. The number of carboxylic acid groups (broad SMARTS) is 1. The molecule has 0 radical (unpaired) electrons. The van der Waals surface area contributed by atoms with Crippen molar-refractivity contribution in [3.8, 4) is 5.75 Å². The number of primary amides is 1. The fraction of sp³-hybridized carbons (Fsp3) is 0.263. The third-order valence-electron chi connectivity index (χ3n) is 4.45. The van der Waals surface area contributed by atoms with Gasteiger partial charge in [0.1, 0.15) is 18.4 Å². The van der Waals surface area contributed by atoms with Gasteiger partial charge in [0.25, 0.3) is 0 Å². The Morgan fingerprint density at radius 2 is 1.76 bits per heavy atom. The Balaban J connectivity index is 1.85. The molecule has 0 aliphatic carbocycles. The quantitative estimate of drug-likeness (QED) is 0.875. The first-order valence-corrected chi connectivity index (χ1v) is 8.14. The normalized spacial score (nSPS) is 19.6. The van der Waals surface area contributed by atoms with Crippen LogP contribution in [0.2, 0.25) is 0 Å². The van der Waals surface area contributed by atoms with Crippen LogP contribution < -0.4 is 10.5 Å². The van der Waals surface area contributed by atoms with Crippen molar-refractivity contribution in [3.63, 3.8) is 0 Å². The molecule has 130 valence electrons. The number of benzene rings is 2. The molecule has 1 aliphatic rings. The lowest BCUT2D eigenvalue weighted by molar-refractivity contribution is -0.122. The van der Waals surface area contributed by atoms with Crippen LogP contribution in [-0.4, -0.2) is 28.0 Å². The average Bonchev–Trinajstić information content (AvgIpc) is 3.06. The average molecular weight is 340 g/mol. The topological polar surface area (TPSA) is 92.9 Å². The van der Waals surface area contributed by atoms with Crippen molar-refractivity contribution in [2.24, 2.45) is 5.73 Å². The highest BCUT2D eigenvalue weighted by Crippen LogP contribution is 2.40. The van der Waals surface area contributed by atoms with Crippen LogP contribution in [0.3, 0.4) is 0 Å². The summed E-state index contributed by atoms with van der Waals surface area (Å²) in [5, 5.41) is 9.54. The van der Waals surface area contributed by atoms with Gasteiger partial charge in [0.05, 0.1) is 6.04 Å². The van der Waals surface area contributed by atoms with E-state index >= 15 is 0 Å². The van der Waals surface area contributed by atoms with Gasteiger partial charge in [-0.05, 0) is 24.5 Å². The van der Waals surface area contributed by atoms with E-state index in [0.29, 0.717) is 25.2 Å². The number of ether oxygens (including phenoxy) is 1. The lowest BCUT2D eigenvalue weighted by atomic mass is 10.0. The molecule has 2 amide bonds. The maximum atomic E-state index is 11.7. The summed E-state index contributed by atoms with van der Waals surface area (Å²) in [5.74, 6) is 0.000286. The largest absolute Gasteiger partial charge is 0.489 e. The molecule has 1 aliphatic heterocycles. The molecule has 6 nitrogen and oxygen atoms in total.